The average Bonchev–Trinajstić information content (AvgIpc) is 3.35. The summed E-state index contributed by atoms with van der Waals surface area (Å²) in [4.78, 5) is 12.5. The molecule has 0 spiro atoms. The zero-order chi connectivity index (χ0) is 16.0. The summed E-state index contributed by atoms with van der Waals surface area (Å²) in [5.74, 6) is 1.53. The number of amides is 1. The Morgan fingerprint density at radius 2 is 1.86 bits per heavy atom. The largest absolute Gasteiger partial charge is 0.493 e. The van der Waals surface area contributed by atoms with Crippen molar-refractivity contribution in [3.8, 4) is 11.5 Å². The van der Waals surface area contributed by atoms with Crippen molar-refractivity contribution < 1.29 is 14.3 Å². The number of ether oxygens (including phenoxy) is 2. The van der Waals surface area contributed by atoms with Crippen LogP contribution in [0.2, 0.25) is 0 Å². The maximum absolute atomic E-state index is 12.5. The summed E-state index contributed by atoms with van der Waals surface area (Å²) in [5.41, 5.74) is 0.667. The van der Waals surface area contributed by atoms with Crippen LogP contribution in [0.5, 0.6) is 11.5 Å². The predicted octanol–water partition coefficient (Wildman–Crippen LogP) is 3.43. The Morgan fingerprint density at radius 1 is 1.14 bits per heavy atom. The lowest BCUT2D eigenvalue weighted by molar-refractivity contribution is -0.123. The summed E-state index contributed by atoms with van der Waals surface area (Å²) in [6, 6.07) is 5.79. The third kappa shape index (κ3) is 3.54. The number of hydrogen-bond acceptors (Lipinski definition) is 3. The van der Waals surface area contributed by atoms with Crippen molar-refractivity contribution in [3.05, 3.63) is 23.8 Å². The van der Waals surface area contributed by atoms with Crippen LogP contribution in [0, 0.1) is 0 Å². The van der Waals surface area contributed by atoms with E-state index < -0.39 is 0 Å². The average molecular weight is 305 g/mol. The maximum atomic E-state index is 12.5. The van der Waals surface area contributed by atoms with Gasteiger partial charge < -0.3 is 14.8 Å². The molecule has 0 atom stereocenters. The molecule has 1 fully saturated rings. The number of nitrogens with one attached hydrogen (secondary N) is 1. The van der Waals surface area contributed by atoms with Crippen LogP contribution in [0.4, 0.5) is 0 Å². The van der Waals surface area contributed by atoms with Gasteiger partial charge in [0.1, 0.15) is 0 Å². The van der Waals surface area contributed by atoms with Gasteiger partial charge in [0.05, 0.1) is 19.6 Å². The van der Waals surface area contributed by atoms with Gasteiger partial charge in [0.15, 0.2) is 11.5 Å². The van der Waals surface area contributed by atoms with Gasteiger partial charge in [0, 0.05) is 6.54 Å². The minimum atomic E-state index is -0.357. The standard InChI is InChI=1S/C18H27NO3/c1-4-5-6-7-12-19-17(20)18(10-11-18)14-8-9-15(21-2)16(13-14)22-3/h8-9,13H,4-7,10-12H2,1-3H3,(H,19,20). The van der Waals surface area contributed by atoms with Gasteiger partial charge in [-0.1, -0.05) is 32.3 Å². The van der Waals surface area contributed by atoms with Crippen LogP contribution in [0.3, 0.4) is 0 Å². The number of carbonyl (C=O) groups is 1. The zero-order valence-corrected chi connectivity index (χ0v) is 13.9. The summed E-state index contributed by atoms with van der Waals surface area (Å²) in [6.07, 6.45) is 6.49. The smallest absolute Gasteiger partial charge is 0.230 e. The van der Waals surface area contributed by atoms with Crippen molar-refractivity contribution in [2.45, 2.75) is 50.9 Å². The number of methoxy groups -OCH3 is 2. The molecule has 1 amide bonds. The lowest BCUT2D eigenvalue weighted by Gasteiger charge is -2.17. The van der Waals surface area contributed by atoms with E-state index in [0.717, 1.165) is 31.4 Å². The van der Waals surface area contributed by atoms with E-state index in [1.54, 1.807) is 14.2 Å². The van der Waals surface area contributed by atoms with Gasteiger partial charge in [-0.15, -0.1) is 0 Å². The summed E-state index contributed by atoms with van der Waals surface area (Å²) in [6.45, 7) is 2.96. The van der Waals surface area contributed by atoms with Gasteiger partial charge in [-0.2, -0.15) is 0 Å². The maximum Gasteiger partial charge on any atom is 0.230 e. The van der Waals surface area contributed by atoms with Gasteiger partial charge >= 0.3 is 0 Å². The fraction of sp³-hybridized carbons (Fsp3) is 0.611. The van der Waals surface area contributed by atoms with E-state index >= 15 is 0 Å². The van der Waals surface area contributed by atoms with Crippen LogP contribution < -0.4 is 14.8 Å². The molecular weight excluding hydrogens is 278 g/mol. The summed E-state index contributed by atoms with van der Waals surface area (Å²) >= 11 is 0. The molecule has 1 aliphatic carbocycles. The normalized spacial score (nSPS) is 15.2. The first-order chi connectivity index (χ1) is 10.7. The Bertz CT molecular complexity index is 509. The topological polar surface area (TPSA) is 47.6 Å². The van der Waals surface area contributed by atoms with Crippen molar-refractivity contribution in [2.24, 2.45) is 0 Å². The molecule has 4 heteroatoms. The fourth-order valence-electron chi connectivity index (χ4n) is 2.83. The van der Waals surface area contributed by atoms with E-state index in [0.29, 0.717) is 11.5 Å². The fourth-order valence-corrected chi connectivity index (χ4v) is 2.83. The molecule has 1 aromatic carbocycles. The molecule has 0 bridgehead atoms. The van der Waals surface area contributed by atoms with Crippen molar-refractivity contribution in [1.82, 2.24) is 5.32 Å². The predicted molar refractivity (Wildman–Crippen MR) is 87.6 cm³/mol. The van der Waals surface area contributed by atoms with Crippen LogP contribution >= 0.6 is 0 Å². The molecule has 2 rings (SSSR count). The molecule has 4 nitrogen and oxygen atoms in total. The first-order valence-corrected chi connectivity index (χ1v) is 8.18. The molecule has 1 N–H and O–H groups in total. The van der Waals surface area contributed by atoms with Crippen LogP contribution in [0.15, 0.2) is 18.2 Å². The van der Waals surface area contributed by atoms with Crippen molar-refractivity contribution in [3.63, 3.8) is 0 Å². The highest BCUT2D eigenvalue weighted by atomic mass is 16.5. The quantitative estimate of drug-likeness (QED) is 0.711. The molecular formula is C18H27NO3. The summed E-state index contributed by atoms with van der Waals surface area (Å²) < 4.78 is 10.6. The number of unbranched alkanes of at least 4 members (excludes halogenated alkanes) is 3. The van der Waals surface area contributed by atoms with Gasteiger partial charge in [0.25, 0.3) is 0 Å². The number of rotatable bonds is 9. The number of benzene rings is 1. The lowest BCUT2D eigenvalue weighted by Crippen LogP contribution is -2.35. The van der Waals surface area contributed by atoms with Gasteiger partial charge in [-0.25, -0.2) is 0 Å². The molecule has 1 aromatic rings. The van der Waals surface area contributed by atoms with Gasteiger partial charge in [-0.3, -0.25) is 4.79 Å². The van der Waals surface area contributed by atoms with E-state index in [1.807, 2.05) is 18.2 Å². The van der Waals surface area contributed by atoms with E-state index in [1.165, 1.54) is 19.3 Å². The van der Waals surface area contributed by atoms with E-state index in [-0.39, 0.29) is 11.3 Å². The van der Waals surface area contributed by atoms with Crippen molar-refractivity contribution in [1.29, 1.82) is 0 Å². The molecule has 0 saturated heterocycles. The highest BCUT2D eigenvalue weighted by Crippen LogP contribution is 2.50. The molecule has 1 saturated carbocycles. The third-order valence-electron chi connectivity index (χ3n) is 4.44. The van der Waals surface area contributed by atoms with E-state index in [9.17, 15) is 4.79 Å². The Morgan fingerprint density at radius 3 is 2.45 bits per heavy atom. The minimum Gasteiger partial charge on any atom is -0.493 e. The second-order valence-electron chi connectivity index (χ2n) is 5.97. The minimum absolute atomic E-state index is 0.149. The monoisotopic (exact) mass is 305 g/mol. The van der Waals surface area contributed by atoms with Gasteiger partial charge in [0.2, 0.25) is 5.91 Å². The number of hydrogen-bond donors (Lipinski definition) is 1. The molecule has 1 aliphatic rings. The molecule has 0 radical (unpaired) electrons. The Hall–Kier alpha value is -1.71. The Labute approximate surface area is 133 Å². The van der Waals surface area contributed by atoms with Gasteiger partial charge in [-0.05, 0) is 37.0 Å². The Balaban J connectivity index is 1.99. The van der Waals surface area contributed by atoms with Crippen LogP contribution in [0.25, 0.3) is 0 Å². The lowest BCUT2D eigenvalue weighted by atomic mass is 9.94. The highest BCUT2D eigenvalue weighted by Gasteiger charge is 2.51. The SMILES string of the molecule is CCCCCCNC(=O)C1(c2ccc(OC)c(OC)c2)CC1. The first-order valence-electron chi connectivity index (χ1n) is 8.18. The second-order valence-corrected chi connectivity index (χ2v) is 5.97. The van der Waals surface area contributed by atoms with Crippen molar-refractivity contribution >= 4 is 5.91 Å². The summed E-state index contributed by atoms with van der Waals surface area (Å²) in [5, 5.41) is 3.10. The molecule has 0 heterocycles. The third-order valence-corrected chi connectivity index (χ3v) is 4.44. The van der Waals surface area contributed by atoms with Crippen LogP contribution in [-0.2, 0) is 10.2 Å². The second kappa shape index (κ2) is 7.52. The molecule has 22 heavy (non-hydrogen) atoms. The van der Waals surface area contributed by atoms with E-state index in [4.69, 9.17) is 9.47 Å². The number of carbonyl (C=O) groups excluding carboxylic acids is 1. The van der Waals surface area contributed by atoms with E-state index in [2.05, 4.69) is 12.2 Å². The van der Waals surface area contributed by atoms with Crippen LogP contribution in [-0.4, -0.2) is 26.7 Å². The molecule has 0 aliphatic heterocycles. The highest BCUT2D eigenvalue weighted by molar-refractivity contribution is 5.91. The molecule has 0 aromatic heterocycles. The first kappa shape index (κ1) is 16.7. The molecule has 0 unspecified atom stereocenters. The summed E-state index contributed by atoms with van der Waals surface area (Å²) in [7, 11) is 3.24. The molecule has 122 valence electrons. The zero-order valence-electron chi connectivity index (χ0n) is 13.9. The van der Waals surface area contributed by atoms with Crippen LogP contribution in [0.1, 0.15) is 51.0 Å². The van der Waals surface area contributed by atoms with Crippen molar-refractivity contribution in [2.75, 3.05) is 20.8 Å². The Kier molecular flexibility index (Phi) is 5.69.